The van der Waals surface area contributed by atoms with Crippen molar-refractivity contribution in [3.05, 3.63) is 82.0 Å². The van der Waals surface area contributed by atoms with E-state index < -0.39 is 30.4 Å². The number of carbonyl (C=O) groups excluding carboxylic acids is 3. The number of aromatic nitrogens is 2. The highest BCUT2D eigenvalue weighted by Crippen LogP contribution is 2.32. The number of anilines is 1. The summed E-state index contributed by atoms with van der Waals surface area (Å²) in [4.78, 5) is 48.0. The van der Waals surface area contributed by atoms with Crippen molar-refractivity contribution in [1.29, 1.82) is 0 Å². The summed E-state index contributed by atoms with van der Waals surface area (Å²) < 4.78 is 19.1. The van der Waals surface area contributed by atoms with Crippen LogP contribution in [-0.4, -0.2) is 57.3 Å². The second-order valence-electron chi connectivity index (χ2n) is 9.30. The van der Waals surface area contributed by atoms with Gasteiger partial charge in [-0.3, -0.25) is 14.4 Å². The van der Waals surface area contributed by atoms with E-state index in [1.54, 1.807) is 25.1 Å². The molecule has 0 spiro atoms. The number of aliphatic hydroxyl groups excluding tert-OH is 1. The molecule has 214 valence electrons. The second kappa shape index (κ2) is 12.3. The number of methoxy groups -OCH3 is 1. The number of halogens is 2. The Balaban J connectivity index is 1.53. The van der Waals surface area contributed by atoms with Crippen molar-refractivity contribution < 1.29 is 28.6 Å². The lowest BCUT2D eigenvalue weighted by molar-refractivity contribution is -0.126. The number of amides is 2. The van der Waals surface area contributed by atoms with Crippen LogP contribution in [0.5, 0.6) is 5.75 Å². The molecular weight excluding hydrogens is 555 g/mol. The van der Waals surface area contributed by atoms with Gasteiger partial charge in [0.2, 0.25) is 11.9 Å². The number of fused-ring (bicyclic) bond motifs is 1. The van der Waals surface area contributed by atoms with Crippen LogP contribution >= 0.6 is 11.6 Å². The van der Waals surface area contributed by atoms with E-state index in [-0.39, 0.29) is 40.7 Å². The van der Waals surface area contributed by atoms with Crippen LogP contribution in [0.4, 0.5) is 10.3 Å². The van der Waals surface area contributed by atoms with Crippen molar-refractivity contribution in [1.82, 2.24) is 20.2 Å². The van der Waals surface area contributed by atoms with Gasteiger partial charge in [0.1, 0.15) is 17.6 Å². The molecule has 1 aliphatic heterocycles. The smallest absolute Gasteiger partial charge is 0.255 e. The third-order valence-corrected chi connectivity index (χ3v) is 6.91. The topological polar surface area (TPSA) is 160 Å². The van der Waals surface area contributed by atoms with E-state index in [4.69, 9.17) is 22.1 Å². The van der Waals surface area contributed by atoms with Gasteiger partial charge >= 0.3 is 0 Å². The zero-order chi connectivity index (χ0) is 29.8. The highest BCUT2D eigenvalue weighted by Gasteiger charge is 2.35. The molecule has 0 aliphatic carbocycles. The molecule has 41 heavy (non-hydrogen) atoms. The lowest BCUT2D eigenvalue weighted by atomic mass is 10.0. The van der Waals surface area contributed by atoms with Gasteiger partial charge < -0.3 is 31.1 Å². The molecule has 1 aromatic heterocycles. The van der Waals surface area contributed by atoms with Crippen molar-refractivity contribution in [2.45, 2.75) is 32.5 Å². The lowest BCUT2D eigenvalue weighted by Crippen LogP contribution is -2.46. The molecule has 0 unspecified atom stereocenters. The fourth-order valence-electron chi connectivity index (χ4n) is 4.35. The van der Waals surface area contributed by atoms with Gasteiger partial charge in [-0.15, -0.1) is 0 Å². The number of allylic oxidation sites excluding steroid dienone is 1. The third kappa shape index (κ3) is 6.28. The van der Waals surface area contributed by atoms with Crippen LogP contribution < -0.4 is 21.1 Å². The Bertz CT molecular complexity index is 1550. The van der Waals surface area contributed by atoms with E-state index in [2.05, 4.69) is 20.6 Å². The standard InChI is InChI=1S/C28H28ClFN6O5/c1-14(26(39)33-24(13-37)18-6-19(30)9-20(7-18)41-3)36-12-17-5-4-16(8-21(17)27(36)40)25-22(29)11-32-28(35-25)34-23(10-31)15(2)38/h4-11,14,24,37H,12-13,31H2,1-3H3,(H,33,39)(H,32,34,35)/t14-,24-/m1/s1. The number of hydrogen-bond donors (Lipinski definition) is 4. The largest absolute Gasteiger partial charge is 0.497 e. The Morgan fingerprint density at radius 2 is 2.05 bits per heavy atom. The highest BCUT2D eigenvalue weighted by molar-refractivity contribution is 6.33. The van der Waals surface area contributed by atoms with Crippen LogP contribution in [0.3, 0.4) is 0 Å². The van der Waals surface area contributed by atoms with E-state index in [1.807, 2.05) is 0 Å². The van der Waals surface area contributed by atoms with Crippen LogP contribution in [0.25, 0.3) is 11.3 Å². The predicted octanol–water partition coefficient (Wildman–Crippen LogP) is 2.94. The monoisotopic (exact) mass is 582 g/mol. The molecule has 3 aromatic rings. The summed E-state index contributed by atoms with van der Waals surface area (Å²) in [6.45, 7) is 2.59. The molecule has 5 N–H and O–H groups in total. The molecule has 11 nitrogen and oxygen atoms in total. The van der Waals surface area contributed by atoms with Crippen molar-refractivity contribution in [3.63, 3.8) is 0 Å². The van der Waals surface area contributed by atoms with Crippen LogP contribution in [-0.2, 0) is 16.1 Å². The number of nitrogens with two attached hydrogens (primary N) is 1. The Morgan fingerprint density at radius 3 is 2.71 bits per heavy atom. The molecule has 1 aliphatic rings. The molecule has 0 fully saturated rings. The number of carbonyl (C=O) groups is 3. The van der Waals surface area contributed by atoms with E-state index in [1.165, 1.54) is 43.3 Å². The first-order valence-corrected chi connectivity index (χ1v) is 12.9. The minimum atomic E-state index is -0.915. The SMILES string of the molecule is COc1cc(F)cc([C@@H](CO)NC(=O)[C@@H](C)N2Cc3ccc(-c4nc(NC(=CN)C(C)=O)ncc4Cl)cc3C2=O)c1. The molecule has 0 saturated carbocycles. The maximum atomic E-state index is 14.0. The summed E-state index contributed by atoms with van der Waals surface area (Å²) >= 11 is 6.35. The molecule has 13 heteroatoms. The Labute approximate surface area is 240 Å². The Hall–Kier alpha value is -4.55. The van der Waals surface area contributed by atoms with Crippen LogP contribution in [0.15, 0.2) is 54.5 Å². The Morgan fingerprint density at radius 1 is 1.29 bits per heavy atom. The van der Waals surface area contributed by atoms with Crippen LogP contribution in [0.1, 0.15) is 41.4 Å². The number of nitrogens with one attached hydrogen (secondary N) is 2. The fourth-order valence-corrected chi connectivity index (χ4v) is 4.55. The molecule has 2 atom stereocenters. The average molecular weight is 583 g/mol. The van der Waals surface area contributed by atoms with Crippen molar-refractivity contribution >= 4 is 35.1 Å². The van der Waals surface area contributed by atoms with Gasteiger partial charge in [0.25, 0.3) is 5.91 Å². The number of benzene rings is 2. The maximum Gasteiger partial charge on any atom is 0.255 e. The molecule has 2 heterocycles. The maximum absolute atomic E-state index is 14.0. The zero-order valence-electron chi connectivity index (χ0n) is 22.4. The summed E-state index contributed by atoms with van der Waals surface area (Å²) in [6.07, 6.45) is 2.47. The second-order valence-corrected chi connectivity index (χ2v) is 9.71. The van der Waals surface area contributed by atoms with Gasteiger partial charge in [0.15, 0.2) is 5.78 Å². The van der Waals surface area contributed by atoms with Crippen molar-refractivity contribution in [2.75, 3.05) is 19.0 Å². The molecular formula is C28H28ClFN6O5. The highest BCUT2D eigenvalue weighted by atomic mass is 35.5. The van der Waals surface area contributed by atoms with E-state index in [9.17, 15) is 23.9 Å². The first kappa shape index (κ1) is 29.4. The summed E-state index contributed by atoms with van der Waals surface area (Å²) in [5.41, 5.74) is 7.81. The van der Waals surface area contributed by atoms with Gasteiger partial charge in [-0.25, -0.2) is 14.4 Å². The molecule has 0 saturated heterocycles. The number of rotatable bonds is 10. The normalized spacial score (nSPS) is 14.3. The zero-order valence-corrected chi connectivity index (χ0v) is 23.2. The minimum Gasteiger partial charge on any atom is -0.497 e. The summed E-state index contributed by atoms with van der Waals surface area (Å²) in [5, 5.41) is 15.5. The molecule has 2 aromatic carbocycles. The van der Waals surface area contributed by atoms with Crippen molar-refractivity contribution in [2.24, 2.45) is 5.73 Å². The summed E-state index contributed by atoms with van der Waals surface area (Å²) in [6, 6.07) is 7.18. The van der Waals surface area contributed by atoms with E-state index >= 15 is 0 Å². The first-order valence-electron chi connectivity index (χ1n) is 12.5. The fraction of sp³-hybridized carbons (Fsp3) is 0.250. The molecule has 4 rings (SSSR count). The third-order valence-electron chi connectivity index (χ3n) is 6.63. The van der Waals surface area contributed by atoms with Crippen LogP contribution in [0, 0.1) is 5.82 Å². The predicted molar refractivity (Wildman–Crippen MR) is 149 cm³/mol. The lowest BCUT2D eigenvalue weighted by Gasteiger charge is -2.26. The molecule has 0 bridgehead atoms. The van der Waals surface area contributed by atoms with Gasteiger partial charge in [0.05, 0.1) is 42.4 Å². The summed E-state index contributed by atoms with van der Waals surface area (Å²) in [5.74, 6) is -1.48. The molecule has 2 amide bonds. The summed E-state index contributed by atoms with van der Waals surface area (Å²) in [7, 11) is 1.38. The first-order chi connectivity index (χ1) is 19.6. The van der Waals surface area contributed by atoms with Gasteiger partial charge in [-0.05, 0) is 36.2 Å². The average Bonchev–Trinajstić information content (AvgIpc) is 3.29. The van der Waals surface area contributed by atoms with Gasteiger partial charge in [-0.1, -0.05) is 23.7 Å². The van der Waals surface area contributed by atoms with E-state index in [0.717, 1.165) is 6.20 Å². The number of hydrogen-bond acceptors (Lipinski definition) is 9. The van der Waals surface area contributed by atoms with E-state index in [0.29, 0.717) is 27.9 Å². The number of aliphatic hydroxyl groups is 1. The number of nitrogens with zero attached hydrogens (tertiary/aromatic N) is 3. The number of ketones is 1. The van der Waals surface area contributed by atoms with Gasteiger partial charge in [0, 0.05) is 36.9 Å². The Kier molecular flexibility index (Phi) is 8.84. The molecule has 0 radical (unpaired) electrons. The minimum absolute atomic E-state index is 0.0874. The number of ether oxygens (including phenoxy) is 1. The number of Topliss-reactive ketones (excluding diaryl/α,β-unsaturated/α-hetero) is 1. The quantitative estimate of drug-likeness (QED) is 0.263. The van der Waals surface area contributed by atoms with Crippen molar-refractivity contribution in [3.8, 4) is 17.0 Å². The van der Waals surface area contributed by atoms with Gasteiger partial charge in [-0.2, -0.15) is 0 Å². The van der Waals surface area contributed by atoms with Crippen LogP contribution in [0.2, 0.25) is 5.02 Å².